The van der Waals surface area contributed by atoms with Crippen molar-refractivity contribution in [1.82, 2.24) is 10.3 Å². The molecule has 0 saturated heterocycles. The number of urea groups is 1. The molecule has 0 saturated carbocycles. The normalized spacial score (nSPS) is 13.6. The zero-order chi connectivity index (χ0) is 20.0. The molecule has 9 nitrogen and oxygen atoms in total. The average Bonchev–Trinajstić information content (AvgIpc) is 2.92. The molecule has 0 fully saturated rings. The van der Waals surface area contributed by atoms with Crippen LogP contribution in [-0.4, -0.2) is 65.3 Å². The molecule has 2 heterocycles. The van der Waals surface area contributed by atoms with Gasteiger partial charge in [0.1, 0.15) is 0 Å². The maximum absolute atomic E-state index is 11.8. The molecule has 4 N–H and O–H groups in total. The predicted molar refractivity (Wildman–Crippen MR) is 103 cm³/mol. The number of rotatable bonds is 8. The summed E-state index contributed by atoms with van der Waals surface area (Å²) in [7, 11) is -3.05. The van der Waals surface area contributed by atoms with Crippen molar-refractivity contribution in [2.75, 3.05) is 23.9 Å². The summed E-state index contributed by atoms with van der Waals surface area (Å²) in [6, 6.07) is 2.73. The van der Waals surface area contributed by atoms with Gasteiger partial charge in [0.05, 0.1) is 0 Å². The molecule has 1 aromatic heterocycles. The number of nitrogens with zero attached hydrogens (tertiary/aromatic N) is 1. The Morgan fingerprint density at radius 1 is 1.33 bits per heavy atom. The number of carbonyl (C=O) groups is 2. The van der Waals surface area contributed by atoms with Gasteiger partial charge in [0.15, 0.2) is 0 Å². The van der Waals surface area contributed by atoms with Crippen LogP contribution in [0, 0.1) is 0 Å². The maximum atomic E-state index is 11.8. The van der Waals surface area contributed by atoms with E-state index in [0.29, 0.717) is 15.5 Å². The first-order chi connectivity index (χ1) is 12.7. The zero-order valence-electron chi connectivity index (χ0n) is 15.1. The van der Waals surface area contributed by atoms with Gasteiger partial charge in [-0.3, -0.25) is 0 Å². The molecule has 144 valence electrons. The molecular weight excluding hydrogens is 475 g/mol. The second-order valence-corrected chi connectivity index (χ2v) is 15.9. The van der Waals surface area contributed by atoms with Crippen molar-refractivity contribution >= 4 is 49.0 Å². The molecule has 2 rings (SSSR count). The molecule has 1 aromatic rings. The molecule has 1 aliphatic rings. The summed E-state index contributed by atoms with van der Waals surface area (Å²) in [5.41, 5.74) is 5.35. The van der Waals surface area contributed by atoms with Gasteiger partial charge in [-0.15, -0.1) is 0 Å². The van der Waals surface area contributed by atoms with E-state index in [2.05, 4.69) is 15.6 Å². The summed E-state index contributed by atoms with van der Waals surface area (Å²) in [5, 5.41) is 5.13. The van der Waals surface area contributed by atoms with Crippen LogP contribution in [0.1, 0.15) is 6.42 Å². The van der Waals surface area contributed by atoms with Crippen LogP contribution in [-0.2, 0) is 14.6 Å². The second kappa shape index (κ2) is 9.27. The van der Waals surface area contributed by atoms with Gasteiger partial charge in [0.25, 0.3) is 0 Å². The quantitative estimate of drug-likeness (QED) is 0.449. The van der Waals surface area contributed by atoms with Gasteiger partial charge in [-0.05, 0) is 0 Å². The number of anilines is 1. The fraction of sp³-hybridized carbons (Fsp3) is 0.312. The number of carbonyl (C=O) groups excluding carboxylic acids is 2. The number of nitrogens with one attached hydrogen (secondary N) is 2. The number of hydrogen-bond donors (Lipinski definition) is 3. The first kappa shape index (κ1) is 21.3. The van der Waals surface area contributed by atoms with Crippen LogP contribution in [0.15, 0.2) is 37.3 Å². The molecule has 0 aromatic carbocycles. The number of nitrogens with two attached hydrogens (primary N) is 1. The summed E-state index contributed by atoms with van der Waals surface area (Å²) in [5.74, 6) is 0.386. The van der Waals surface area contributed by atoms with E-state index in [9.17, 15) is 18.0 Å². The Balaban J connectivity index is 1.87. The van der Waals surface area contributed by atoms with E-state index in [0.717, 1.165) is 9.77 Å². The van der Waals surface area contributed by atoms with Crippen molar-refractivity contribution in [3.8, 4) is 5.75 Å². The molecule has 0 aliphatic carbocycles. The Morgan fingerprint density at radius 2 is 2.07 bits per heavy atom. The van der Waals surface area contributed by atoms with E-state index in [-0.39, 0.29) is 18.1 Å². The third-order valence-corrected chi connectivity index (χ3v) is 12.2. The number of sulfone groups is 1. The summed E-state index contributed by atoms with van der Waals surface area (Å²) in [4.78, 5) is 27.3. The number of aromatic nitrogens is 1. The van der Waals surface area contributed by atoms with Crippen LogP contribution in [0.2, 0.25) is 4.68 Å². The molecule has 0 atom stereocenters. The number of pyridine rings is 1. The summed E-state index contributed by atoms with van der Waals surface area (Å²) < 4.78 is 31.4. The molecule has 27 heavy (non-hydrogen) atoms. The van der Waals surface area contributed by atoms with E-state index in [1.165, 1.54) is 6.20 Å². The Morgan fingerprint density at radius 3 is 2.70 bits per heavy atom. The van der Waals surface area contributed by atoms with Gasteiger partial charge in [-0.1, -0.05) is 0 Å². The standard InChI is InChI=1S/C15H18N4O5S.CH3.In/c1-25(22,23)10-4-7-18-15(21)19-14-11-12(6-8-17-14)24-9-3-2-5-13(16)20;;/h2-3,6,8,11H,4,7,10H2,1H3,(H2,16,20)(H2,17,18,19,21);1H3;. The fourth-order valence-corrected chi connectivity index (χ4v) is 8.26. The second-order valence-electron chi connectivity index (χ2n) is 6.12. The molecular formula is C16H21InN4O5S. The Labute approximate surface area is 165 Å². The van der Waals surface area contributed by atoms with Crippen molar-refractivity contribution < 1.29 is 22.7 Å². The summed E-state index contributed by atoms with van der Waals surface area (Å²) in [6.45, 7) is 0.232. The minimum atomic E-state index is -3.05. The number of hydrogen-bond acceptors (Lipinski definition) is 6. The monoisotopic (exact) mass is 496 g/mol. The van der Waals surface area contributed by atoms with E-state index in [1.54, 1.807) is 24.3 Å². The number of primary amides is 1. The molecule has 1 aliphatic heterocycles. The van der Waals surface area contributed by atoms with Crippen LogP contribution in [0.5, 0.6) is 5.75 Å². The van der Waals surface area contributed by atoms with Gasteiger partial charge in [-0.25, -0.2) is 8.42 Å². The van der Waals surface area contributed by atoms with Crippen LogP contribution >= 0.6 is 0 Å². The van der Waals surface area contributed by atoms with Crippen LogP contribution in [0.4, 0.5) is 10.6 Å². The van der Waals surface area contributed by atoms with Crippen LogP contribution in [0.3, 0.4) is 0 Å². The molecule has 11 heteroatoms. The van der Waals surface area contributed by atoms with Gasteiger partial charge >= 0.3 is 151 Å². The molecule has 0 spiro atoms. The van der Waals surface area contributed by atoms with Crippen LogP contribution in [0.25, 0.3) is 0 Å². The van der Waals surface area contributed by atoms with Crippen molar-refractivity contribution in [3.05, 3.63) is 37.3 Å². The Hall–Kier alpha value is -2.01. The van der Waals surface area contributed by atoms with Crippen molar-refractivity contribution in [1.29, 1.82) is 0 Å². The van der Waals surface area contributed by atoms with E-state index < -0.39 is 43.2 Å². The van der Waals surface area contributed by atoms with Crippen molar-refractivity contribution in [3.63, 3.8) is 0 Å². The molecule has 0 radical (unpaired) electrons. The molecule has 3 amide bonds. The number of amides is 3. The average molecular weight is 496 g/mol. The topological polar surface area (TPSA) is 140 Å². The van der Waals surface area contributed by atoms with E-state index >= 15 is 0 Å². The zero-order valence-corrected chi connectivity index (χ0v) is 19.2. The Bertz CT molecular complexity index is 898. The number of ether oxygens (including phenoxy) is 1. The predicted octanol–water partition coefficient (Wildman–Crippen LogP) is 0.529. The van der Waals surface area contributed by atoms with Gasteiger partial charge in [-0.2, -0.15) is 0 Å². The van der Waals surface area contributed by atoms with Crippen molar-refractivity contribution in [2.45, 2.75) is 11.1 Å². The third kappa shape index (κ3) is 6.90. The van der Waals surface area contributed by atoms with E-state index in [1.807, 2.05) is 4.68 Å². The molecule has 0 bridgehead atoms. The summed E-state index contributed by atoms with van der Waals surface area (Å²) >= 11 is -2.48. The third-order valence-electron chi connectivity index (χ3n) is 3.79. The first-order valence-electron chi connectivity index (χ1n) is 8.24. The van der Waals surface area contributed by atoms with Crippen molar-refractivity contribution in [2.24, 2.45) is 5.73 Å². The Kier molecular flexibility index (Phi) is 7.31. The SMILES string of the molecule is [CH3][In]1[C](Oc2ccnc(NC(=O)NCCCS(C)(=O)=O)c2)=CC=[C]1C(N)=O. The number of allylic oxidation sites excluding steroid dienone is 2. The molecule has 0 unspecified atom stereocenters. The fourth-order valence-electron chi connectivity index (χ4n) is 2.41. The summed E-state index contributed by atoms with van der Waals surface area (Å²) in [6.07, 6.45) is 6.45. The van der Waals surface area contributed by atoms with Crippen LogP contribution < -0.4 is 21.1 Å². The van der Waals surface area contributed by atoms with Gasteiger partial charge < -0.3 is 0 Å². The first-order valence-corrected chi connectivity index (χ1v) is 16.9. The minimum absolute atomic E-state index is 0.00928. The van der Waals surface area contributed by atoms with Gasteiger partial charge in [0, 0.05) is 6.26 Å². The van der Waals surface area contributed by atoms with E-state index in [4.69, 9.17) is 10.5 Å². The van der Waals surface area contributed by atoms with Gasteiger partial charge in [0.2, 0.25) is 0 Å².